The molecule has 7 nitrogen and oxygen atoms in total. The normalized spacial score (nSPS) is 22.4. The maximum absolute atomic E-state index is 9.18. The first-order chi connectivity index (χ1) is 10.2. The number of aromatic nitrogens is 3. The summed E-state index contributed by atoms with van der Waals surface area (Å²) < 4.78 is 7.79. The fourth-order valence-corrected chi connectivity index (χ4v) is 2.49. The third-order valence-electron chi connectivity index (χ3n) is 3.50. The maximum atomic E-state index is 9.18. The highest BCUT2D eigenvalue weighted by Crippen LogP contribution is 2.32. The lowest BCUT2D eigenvalue weighted by molar-refractivity contribution is -0.0204. The summed E-state index contributed by atoms with van der Waals surface area (Å²) in [5, 5.41) is 10.1. The van der Waals surface area contributed by atoms with Crippen LogP contribution in [-0.2, 0) is 4.74 Å². The molecule has 2 atom stereocenters. The van der Waals surface area contributed by atoms with E-state index in [4.69, 9.17) is 4.74 Å². The van der Waals surface area contributed by atoms with Crippen molar-refractivity contribution in [2.75, 3.05) is 20.7 Å². The van der Waals surface area contributed by atoms with E-state index in [2.05, 4.69) is 15.0 Å². The molecule has 112 valence electrons. The van der Waals surface area contributed by atoms with Crippen LogP contribution in [0.3, 0.4) is 0 Å². The third kappa shape index (κ3) is 2.74. The summed E-state index contributed by atoms with van der Waals surface area (Å²) >= 11 is 0. The molecular formula is C14H19N5O2. The summed E-state index contributed by atoms with van der Waals surface area (Å²) in [6.07, 6.45) is 6.73. The van der Waals surface area contributed by atoms with Gasteiger partial charge in [0, 0.05) is 20.3 Å². The van der Waals surface area contributed by atoms with Crippen LogP contribution in [-0.4, -0.2) is 57.7 Å². The van der Waals surface area contributed by atoms with Gasteiger partial charge in [0.05, 0.1) is 24.4 Å². The van der Waals surface area contributed by atoms with E-state index < -0.39 is 0 Å². The standard InChI is InChI=1S/C14H19N5O2/c1-18(2)9-17-13-11-5-6-19(14(11)16-8-15-13)12-4-3-10(7-20)21-12/h5-6,8-10,12,20H,3-4,7H2,1-2H3/b17-9+/t10-,12+/m0/s1. The molecule has 1 N–H and O–H groups in total. The van der Waals surface area contributed by atoms with E-state index in [1.807, 2.05) is 35.8 Å². The second-order valence-electron chi connectivity index (χ2n) is 5.34. The molecule has 0 spiro atoms. The fourth-order valence-electron chi connectivity index (χ4n) is 2.49. The van der Waals surface area contributed by atoms with Gasteiger partial charge in [0.15, 0.2) is 5.82 Å². The zero-order valence-electron chi connectivity index (χ0n) is 12.2. The van der Waals surface area contributed by atoms with Crippen LogP contribution in [0.2, 0.25) is 0 Å². The highest BCUT2D eigenvalue weighted by Gasteiger charge is 2.27. The van der Waals surface area contributed by atoms with Crippen LogP contribution in [0.15, 0.2) is 23.6 Å². The van der Waals surface area contributed by atoms with Gasteiger partial charge in [-0.1, -0.05) is 0 Å². The van der Waals surface area contributed by atoms with E-state index >= 15 is 0 Å². The maximum Gasteiger partial charge on any atom is 0.166 e. The van der Waals surface area contributed by atoms with E-state index in [1.54, 1.807) is 6.34 Å². The van der Waals surface area contributed by atoms with E-state index in [9.17, 15) is 5.11 Å². The first kappa shape index (κ1) is 14.0. The monoisotopic (exact) mass is 289 g/mol. The predicted octanol–water partition coefficient (Wildman–Crippen LogP) is 1.32. The summed E-state index contributed by atoms with van der Waals surface area (Å²) in [5.74, 6) is 0.643. The Labute approximate surface area is 122 Å². The number of hydrogen-bond donors (Lipinski definition) is 1. The van der Waals surface area contributed by atoms with Gasteiger partial charge in [-0.05, 0) is 18.9 Å². The lowest BCUT2D eigenvalue weighted by Crippen LogP contribution is -2.14. The first-order valence-electron chi connectivity index (χ1n) is 6.97. The van der Waals surface area contributed by atoms with Crippen molar-refractivity contribution in [2.24, 2.45) is 4.99 Å². The number of nitrogens with zero attached hydrogens (tertiary/aromatic N) is 5. The van der Waals surface area contributed by atoms with Crippen molar-refractivity contribution >= 4 is 23.2 Å². The fraction of sp³-hybridized carbons (Fsp3) is 0.500. The summed E-state index contributed by atoms with van der Waals surface area (Å²) in [5.41, 5.74) is 0.805. The van der Waals surface area contributed by atoms with E-state index in [0.717, 1.165) is 23.9 Å². The molecule has 3 heterocycles. The quantitative estimate of drug-likeness (QED) is 0.678. The van der Waals surface area contributed by atoms with Crippen molar-refractivity contribution in [2.45, 2.75) is 25.2 Å². The Kier molecular flexibility index (Phi) is 3.85. The van der Waals surface area contributed by atoms with Crippen LogP contribution in [0.4, 0.5) is 5.82 Å². The molecule has 1 aliphatic rings. The molecule has 21 heavy (non-hydrogen) atoms. The smallest absolute Gasteiger partial charge is 0.166 e. The lowest BCUT2D eigenvalue weighted by atomic mass is 10.2. The number of ether oxygens (including phenoxy) is 1. The molecule has 0 aliphatic carbocycles. The van der Waals surface area contributed by atoms with Gasteiger partial charge in [0.1, 0.15) is 18.2 Å². The molecule has 0 radical (unpaired) electrons. The SMILES string of the molecule is CN(C)/C=N/c1ncnc2c1ccn2[C@H]1CC[C@@H](CO)O1. The summed E-state index contributed by atoms with van der Waals surface area (Å²) in [6.45, 7) is 0.0586. The Balaban J connectivity index is 1.94. The highest BCUT2D eigenvalue weighted by molar-refractivity contribution is 5.87. The summed E-state index contributed by atoms with van der Waals surface area (Å²) in [6, 6.07) is 1.95. The first-order valence-corrected chi connectivity index (χ1v) is 6.97. The molecule has 7 heteroatoms. The van der Waals surface area contributed by atoms with Crippen LogP contribution in [0.1, 0.15) is 19.1 Å². The number of rotatable bonds is 4. The highest BCUT2D eigenvalue weighted by atomic mass is 16.5. The van der Waals surface area contributed by atoms with Crippen LogP contribution in [0.25, 0.3) is 11.0 Å². The van der Waals surface area contributed by atoms with Gasteiger partial charge in [0.25, 0.3) is 0 Å². The molecule has 0 amide bonds. The second kappa shape index (κ2) is 5.79. The zero-order chi connectivity index (χ0) is 14.8. The molecule has 1 aliphatic heterocycles. The Morgan fingerprint density at radius 2 is 2.33 bits per heavy atom. The second-order valence-corrected chi connectivity index (χ2v) is 5.34. The van der Waals surface area contributed by atoms with Crippen molar-refractivity contribution in [3.05, 3.63) is 18.6 Å². The Morgan fingerprint density at radius 1 is 1.48 bits per heavy atom. The molecule has 2 aromatic rings. The molecule has 1 fully saturated rings. The Morgan fingerprint density at radius 3 is 3.05 bits per heavy atom. The molecule has 2 aromatic heterocycles. The van der Waals surface area contributed by atoms with E-state index in [0.29, 0.717) is 5.82 Å². The molecular weight excluding hydrogens is 270 g/mol. The predicted molar refractivity (Wildman–Crippen MR) is 79.6 cm³/mol. The van der Waals surface area contributed by atoms with Gasteiger partial charge in [0.2, 0.25) is 0 Å². The molecule has 0 unspecified atom stereocenters. The average molecular weight is 289 g/mol. The van der Waals surface area contributed by atoms with Crippen LogP contribution >= 0.6 is 0 Å². The van der Waals surface area contributed by atoms with Crippen molar-refractivity contribution in [3.63, 3.8) is 0 Å². The minimum Gasteiger partial charge on any atom is -0.394 e. The van der Waals surface area contributed by atoms with Crippen LogP contribution < -0.4 is 0 Å². The van der Waals surface area contributed by atoms with Crippen molar-refractivity contribution in [1.29, 1.82) is 0 Å². The number of aliphatic hydroxyl groups excluding tert-OH is 1. The van der Waals surface area contributed by atoms with Crippen molar-refractivity contribution < 1.29 is 9.84 Å². The van der Waals surface area contributed by atoms with Gasteiger partial charge in [-0.15, -0.1) is 0 Å². The topological polar surface area (TPSA) is 75.8 Å². The number of aliphatic hydroxyl groups is 1. The average Bonchev–Trinajstić information content (AvgIpc) is 3.10. The van der Waals surface area contributed by atoms with E-state index in [1.165, 1.54) is 6.33 Å². The molecule has 1 saturated heterocycles. The van der Waals surface area contributed by atoms with Gasteiger partial charge >= 0.3 is 0 Å². The van der Waals surface area contributed by atoms with Gasteiger partial charge in [-0.3, -0.25) is 0 Å². The zero-order valence-corrected chi connectivity index (χ0v) is 12.2. The van der Waals surface area contributed by atoms with Crippen LogP contribution in [0.5, 0.6) is 0 Å². The molecule has 0 saturated carbocycles. The lowest BCUT2D eigenvalue weighted by Gasteiger charge is -2.14. The van der Waals surface area contributed by atoms with Gasteiger partial charge < -0.3 is 19.3 Å². The summed E-state index contributed by atoms with van der Waals surface area (Å²) in [7, 11) is 3.82. The minimum atomic E-state index is -0.0831. The largest absolute Gasteiger partial charge is 0.394 e. The van der Waals surface area contributed by atoms with Crippen molar-refractivity contribution in [3.8, 4) is 0 Å². The van der Waals surface area contributed by atoms with E-state index in [-0.39, 0.29) is 18.9 Å². The Hall–Kier alpha value is -1.99. The third-order valence-corrected chi connectivity index (χ3v) is 3.50. The minimum absolute atomic E-state index is 0.0586. The number of aliphatic imine (C=N–C) groups is 1. The van der Waals surface area contributed by atoms with Gasteiger partial charge in [-0.25, -0.2) is 15.0 Å². The number of fused-ring (bicyclic) bond motifs is 1. The molecule has 0 aromatic carbocycles. The molecule has 0 bridgehead atoms. The summed E-state index contributed by atoms with van der Waals surface area (Å²) in [4.78, 5) is 14.8. The molecule has 3 rings (SSSR count). The number of hydrogen-bond acceptors (Lipinski definition) is 5. The Bertz CT molecular complexity index is 652. The van der Waals surface area contributed by atoms with Crippen LogP contribution in [0, 0.1) is 0 Å². The van der Waals surface area contributed by atoms with Gasteiger partial charge in [-0.2, -0.15) is 0 Å². The van der Waals surface area contributed by atoms with Crippen molar-refractivity contribution in [1.82, 2.24) is 19.4 Å².